The van der Waals surface area contributed by atoms with E-state index in [1.54, 1.807) is 11.9 Å². The maximum absolute atomic E-state index is 11.9. The number of imide groups is 1. The molecule has 0 bridgehead atoms. The summed E-state index contributed by atoms with van der Waals surface area (Å²) in [5.41, 5.74) is 0. The molecule has 0 radical (unpaired) electrons. The van der Waals surface area contributed by atoms with Crippen LogP contribution in [0.5, 0.6) is 0 Å². The van der Waals surface area contributed by atoms with E-state index in [1.807, 2.05) is 0 Å². The number of carbonyl (C=O) groups is 2. The van der Waals surface area contributed by atoms with Gasteiger partial charge in [-0.2, -0.15) is 0 Å². The zero-order valence-electron chi connectivity index (χ0n) is 12.6. The summed E-state index contributed by atoms with van der Waals surface area (Å²) in [6, 6.07) is -0.706. The molecule has 0 spiro atoms. The van der Waals surface area contributed by atoms with Crippen LogP contribution in [0.4, 0.5) is 4.79 Å². The van der Waals surface area contributed by atoms with Crippen LogP contribution < -0.4 is 16.0 Å². The number of hydrogen-bond acceptors (Lipinski definition) is 6. The Bertz CT molecular complexity index is 423. The van der Waals surface area contributed by atoms with Gasteiger partial charge in [0, 0.05) is 39.8 Å². The third-order valence-electron chi connectivity index (χ3n) is 4.67. The largest absolute Gasteiger partial charge is 0.325 e. The molecule has 3 saturated heterocycles. The molecule has 3 amide bonds. The first-order valence-electron chi connectivity index (χ1n) is 7.63. The number of nitrogens with zero attached hydrogens (tertiary/aromatic N) is 3. The van der Waals surface area contributed by atoms with Gasteiger partial charge in [0.1, 0.15) is 12.2 Å². The molecule has 3 heterocycles. The SMILES string of the molecule is CCN1CCN(CC2NC3C(=O)NC(=O)N(C)C3N2)CC1. The molecule has 0 aliphatic carbocycles. The number of piperazine rings is 1. The molecule has 8 nitrogen and oxygen atoms in total. The molecule has 0 aromatic carbocycles. The van der Waals surface area contributed by atoms with Crippen molar-refractivity contribution in [2.75, 3.05) is 46.3 Å². The molecule has 118 valence electrons. The monoisotopic (exact) mass is 296 g/mol. The van der Waals surface area contributed by atoms with Gasteiger partial charge in [-0.25, -0.2) is 4.79 Å². The van der Waals surface area contributed by atoms with E-state index in [9.17, 15) is 9.59 Å². The van der Waals surface area contributed by atoms with Crippen molar-refractivity contribution in [2.45, 2.75) is 25.3 Å². The lowest BCUT2D eigenvalue weighted by molar-refractivity contribution is -0.124. The lowest BCUT2D eigenvalue weighted by atomic mass is 10.2. The fraction of sp³-hybridized carbons (Fsp3) is 0.846. The van der Waals surface area contributed by atoms with Crippen LogP contribution in [0.15, 0.2) is 0 Å². The quantitative estimate of drug-likeness (QED) is 0.560. The Balaban J connectivity index is 1.55. The fourth-order valence-electron chi connectivity index (χ4n) is 3.26. The summed E-state index contributed by atoms with van der Waals surface area (Å²) in [4.78, 5) is 29.9. The summed E-state index contributed by atoms with van der Waals surface area (Å²) < 4.78 is 0. The minimum absolute atomic E-state index is 0.0345. The lowest BCUT2D eigenvalue weighted by Crippen LogP contribution is -2.64. The van der Waals surface area contributed by atoms with E-state index >= 15 is 0 Å². The van der Waals surface area contributed by atoms with Crippen molar-refractivity contribution >= 4 is 11.9 Å². The van der Waals surface area contributed by atoms with Crippen molar-refractivity contribution in [2.24, 2.45) is 0 Å². The van der Waals surface area contributed by atoms with Crippen LogP contribution in [-0.4, -0.2) is 91.3 Å². The molecule has 3 atom stereocenters. The van der Waals surface area contributed by atoms with Crippen LogP contribution in [0.3, 0.4) is 0 Å². The Morgan fingerprint density at radius 1 is 1.10 bits per heavy atom. The number of nitrogens with one attached hydrogen (secondary N) is 3. The van der Waals surface area contributed by atoms with Gasteiger partial charge in [0.2, 0.25) is 5.91 Å². The van der Waals surface area contributed by atoms with Crippen LogP contribution in [0, 0.1) is 0 Å². The van der Waals surface area contributed by atoms with E-state index in [2.05, 4.69) is 32.7 Å². The number of fused-ring (bicyclic) bond motifs is 1. The predicted molar refractivity (Wildman–Crippen MR) is 77.5 cm³/mol. The molecule has 21 heavy (non-hydrogen) atoms. The molecule has 3 unspecified atom stereocenters. The highest BCUT2D eigenvalue weighted by atomic mass is 16.2. The smallest absolute Gasteiger partial charge is 0.310 e. The van der Waals surface area contributed by atoms with E-state index in [1.165, 1.54) is 0 Å². The molecular weight excluding hydrogens is 272 g/mol. The second-order valence-corrected chi connectivity index (χ2v) is 5.95. The van der Waals surface area contributed by atoms with Crippen molar-refractivity contribution in [3.63, 3.8) is 0 Å². The predicted octanol–water partition coefficient (Wildman–Crippen LogP) is -1.98. The second kappa shape index (κ2) is 5.88. The van der Waals surface area contributed by atoms with Crippen molar-refractivity contribution in [1.29, 1.82) is 0 Å². The van der Waals surface area contributed by atoms with Crippen LogP contribution in [-0.2, 0) is 4.79 Å². The highest BCUT2D eigenvalue weighted by Crippen LogP contribution is 2.14. The van der Waals surface area contributed by atoms with Gasteiger partial charge >= 0.3 is 6.03 Å². The normalized spacial score (nSPS) is 35.0. The Hall–Kier alpha value is -1.22. The third-order valence-corrected chi connectivity index (χ3v) is 4.67. The molecule has 3 aliphatic heterocycles. The van der Waals surface area contributed by atoms with E-state index in [4.69, 9.17) is 0 Å². The number of urea groups is 1. The van der Waals surface area contributed by atoms with E-state index in [0.717, 1.165) is 39.3 Å². The fourth-order valence-corrected chi connectivity index (χ4v) is 3.26. The minimum Gasteiger partial charge on any atom is -0.310 e. The van der Waals surface area contributed by atoms with Crippen molar-refractivity contribution in [3.8, 4) is 0 Å². The summed E-state index contributed by atoms with van der Waals surface area (Å²) >= 11 is 0. The average molecular weight is 296 g/mol. The summed E-state index contributed by atoms with van der Waals surface area (Å²) in [6.45, 7) is 8.41. The van der Waals surface area contributed by atoms with Crippen molar-refractivity contribution in [1.82, 2.24) is 30.7 Å². The highest BCUT2D eigenvalue weighted by Gasteiger charge is 2.46. The topological polar surface area (TPSA) is 80.0 Å². The molecule has 0 aromatic heterocycles. The first kappa shape index (κ1) is 14.7. The van der Waals surface area contributed by atoms with Gasteiger partial charge in [0.05, 0.1) is 6.17 Å². The number of amides is 3. The molecule has 0 aromatic rings. The molecule has 3 N–H and O–H groups in total. The Morgan fingerprint density at radius 2 is 1.76 bits per heavy atom. The molecule has 3 aliphatic rings. The van der Waals surface area contributed by atoms with Gasteiger partial charge in [0.25, 0.3) is 0 Å². The standard InChI is InChI=1S/C13H24N6O2/c1-3-18-4-6-19(7-5-18)8-9-14-10-11(15-9)17(2)13(21)16-12(10)20/h9-11,14-15H,3-8H2,1-2H3,(H,16,20,21). The molecule has 0 saturated carbocycles. The summed E-state index contributed by atoms with van der Waals surface area (Å²) in [5, 5.41) is 9.01. The van der Waals surface area contributed by atoms with Gasteiger partial charge in [-0.05, 0) is 6.54 Å². The number of carbonyl (C=O) groups excluding carboxylic acids is 2. The van der Waals surface area contributed by atoms with Crippen molar-refractivity contribution in [3.05, 3.63) is 0 Å². The van der Waals surface area contributed by atoms with Gasteiger partial charge in [-0.1, -0.05) is 6.92 Å². The van der Waals surface area contributed by atoms with Crippen LogP contribution in [0.25, 0.3) is 0 Å². The molecule has 8 heteroatoms. The summed E-state index contributed by atoms with van der Waals surface area (Å²) in [5.74, 6) is -0.242. The van der Waals surface area contributed by atoms with E-state index in [-0.39, 0.29) is 30.3 Å². The maximum Gasteiger partial charge on any atom is 0.325 e. The summed E-state index contributed by atoms with van der Waals surface area (Å²) in [7, 11) is 1.70. The third kappa shape index (κ3) is 2.89. The zero-order chi connectivity index (χ0) is 15.0. The Labute approximate surface area is 124 Å². The molecule has 3 rings (SSSR count). The molecule has 3 fully saturated rings. The Morgan fingerprint density at radius 3 is 2.43 bits per heavy atom. The van der Waals surface area contributed by atoms with Gasteiger partial charge in [-0.15, -0.1) is 0 Å². The second-order valence-electron chi connectivity index (χ2n) is 5.95. The van der Waals surface area contributed by atoms with Crippen molar-refractivity contribution < 1.29 is 9.59 Å². The Kier molecular flexibility index (Phi) is 4.12. The average Bonchev–Trinajstić information content (AvgIpc) is 2.90. The maximum atomic E-state index is 11.9. The van der Waals surface area contributed by atoms with Gasteiger partial charge in [-0.3, -0.25) is 25.6 Å². The highest BCUT2D eigenvalue weighted by molar-refractivity contribution is 6.00. The minimum atomic E-state index is -0.366. The lowest BCUT2D eigenvalue weighted by Gasteiger charge is -2.35. The first-order chi connectivity index (χ1) is 10.1. The van der Waals surface area contributed by atoms with E-state index in [0.29, 0.717) is 0 Å². The summed E-state index contributed by atoms with van der Waals surface area (Å²) in [6.07, 6.45) is -0.222. The number of likely N-dealkylation sites (N-methyl/N-ethyl adjacent to an activating group) is 2. The van der Waals surface area contributed by atoms with Gasteiger partial charge < -0.3 is 9.80 Å². The van der Waals surface area contributed by atoms with Crippen LogP contribution in [0.1, 0.15) is 6.92 Å². The van der Waals surface area contributed by atoms with Gasteiger partial charge in [0.15, 0.2) is 0 Å². The van der Waals surface area contributed by atoms with Crippen LogP contribution in [0.2, 0.25) is 0 Å². The molecular formula is C13H24N6O2. The van der Waals surface area contributed by atoms with E-state index < -0.39 is 0 Å². The number of hydrogen-bond donors (Lipinski definition) is 3. The van der Waals surface area contributed by atoms with Crippen LogP contribution >= 0.6 is 0 Å². The zero-order valence-corrected chi connectivity index (χ0v) is 12.6. The number of rotatable bonds is 3. The first-order valence-corrected chi connectivity index (χ1v) is 7.63.